The van der Waals surface area contributed by atoms with Gasteiger partial charge in [-0.25, -0.2) is 4.79 Å². The van der Waals surface area contributed by atoms with Crippen molar-refractivity contribution in [1.29, 1.82) is 0 Å². The Hall–Kier alpha value is -1.79. The molecule has 0 radical (unpaired) electrons. The number of ether oxygens (including phenoxy) is 2. The normalized spacial score (nSPS) is 10.4. The van der Waals surface area contributed by atoms with Crippen LogP contribution in [0, 0.1) is 0 Å². The van der Waals surface area contributed by atoms with Crippen molar-refractivity contribution in [3.05, 3.63) is 45.9 Å². The Labute approximate surface area is 121 Å². The van der Waals surface area contributed by atoms with Crippen molar-refractivity contribution in [2.45, 2.75) is 20.0 Å². The topological polar surface area (TPSA) is 61.3 Å². The molecule has 1 heterocycles. The zero-order valence-corrected chi connectivity index (χ0v) is 12.1. The van der Waals surface area contributed by atoms with Crippen molar-refractivity contribution < 1.29 is 14.3 Å². The molecule has 5 nitrogen and oxygen atoms in total. The van der Waals surface area contributed by atoms with Gasteiger partial charge in [-0.15, -0.1) is 10.2 Å². The molecule has 0 fully saturated rings. The minimum atomic E-state index is -0.415. The molecule has 20 heavy (non-hydrogen) atoms. The summed E-state index contributed by atoms with van der Waals surface area (Å²) in [4.78, 5) is 11.4. The van der Waals surface area contributed by atoms with Crippen molar-refractivity contribution in [3.63, 3.8) is 0 Å². The molecule has 0 spiro atoms. The van der Waals surface area contributed by atoms with Crippen LogP contribution in [0.2, 0.25) is 0 Å². The van der Waals surface area contributed by atoms with E-state index in [1.807, 2.05) is 30.3 Å². The second-order valence-corrected chi connectivity index (χ2v) is 5.07. The van der Waals surface area contributed by atoms with Crippen LogP contribution in [0.4, 0.5) is 0 Å². The fourth-order valence-electron chi connectivity index (χ4n) is 1.55. The predicted molar refractivity (Wildman–Crippen MR) is 75.7 cm³/mol. The molecule has 0 bridgehead atoms. The van der Waals surface area contributed by atoms with E-state index in [0.717, 1.165) is 10.6 Å². The van der Waals surface area contributed by atoms with Gasteiger partial charge in [0.25, 0.3) is 0 Å². The van der Waals surface area contributed by atoms with Gasteiger partial charge < -0.3 is 9.47 Å². The van der Waals surface area contributed by atoms with E-state index in [0.29, 0.717) is 31.2 Å². The molecule has 106 valence electrons. The fraction of sp³-hybridized carbons (Fsp3) is 0.357. The first kappa shape index (κ1) is 14.6. The maximum atomic E-state index is 11.4. The van der Waals surface area contributed by atoms with Gasteiger partial charge in [0.1, 0.15) is 5.01 Å². The van der Waals surface area contributed by atoms with Gasteiger partial charge in [0.2, 0.25) is 5.01 Å². The summed E-state index contributed by atoms with van der Waals surface area (Å²) in [7, 11) is 0. The molecule has 0 N–H and O–H groups in total. The summed E-state index contributed by atoms with van der Waals surface area (Å²) < 4.78 is 10.4. The first-order valence-corrected chi connectivity index (χ1v) is 7.22. The highest BCUT2D eigenvalue weighted by molar-refractivity contribution is 7.13. The maximum absolute atomic E-state index is 11.4. The number of benzene rings is 1. The quantitative estimate of drug-likeness (QED) is 0.579. The lowest BCUT2D eigenvalue weighted by molar-refractivity contribution is 0.0525. The van der Waals surface area contributed by atoms with Crippen LogP contribution in [-0.2, 0) is 22.5 Å². The third-order valence-corrected chi connectivity index (χ3v) is 3.45. The summed E-state index contributed by atoms with van der Waals surface area (Å²) in [6, 6.07) is 9.97. The summed E-state index contributed by atoms with van der Waals surface area (Å²) in [6.45, 7) is 3.22. The molecule has 1 aromatic carbocycles. The highest BCUT2D eigenvalue weighted by Crippen LogP contribution is 2.12. The van der Waals surface area contributed by atoms with Crippen LogP contribution in [0.15, 0.2) is 30.3 Å². The van der Waals surface area contributed by atoms with Crippen molar-refractivity contribution in [2.75, 3.05) is 13.2 Å². The Bertz CT molecular complexity index is 542. The number of hydrogen-bond acceptors (Lipinski definition) is 6. The summed E-state index contributed by atoms with van der Waals surface area (Å²) in [6.07, 6.45) is 0.643. The number of nitrogens with zero attached hydrogens (tertiary/aromatic N) is 2. The summed E-state index contributed by atoms with van der Waals surface area (Å²) in [5.41, 5.74) is 1.14. The van der Waals surface area contributed by atoms with Gasteiger partial charge in [0.05, 0.1) is 19.8 Å². The smallest absolute Gasteiger partial charge is 0.369 e. The molecule has 0 aliphatic rings. The van der Waals surface area contributed by atoms with Crippen LogP contribution in [0.3, 0.4) is 0 Å². The molecule has 2 rings (SSSR count). The van der Waals surface area contributed by atoms with E-state index >= 15 is 0 Å². The number of esters is 1. The zero-order valence-electron chi connectivity index (χ0n) is 11.2. The molecule has 0 amide bonds. The van der Waals surface area contributed by atoms with Crippen molar-refractivity contribution in [1.82, 2.24) is 10.2 Å². The average molecular weight is 292 g/mol. The van der Waals surface area contributed by atoms with Gasteiger partial charge in [0, 0.05) is 6.42 Å². The van der Waals surface area contributed by atoms with Gasteiger partial charge in [-0.3, -0.25) is 0 Å². The Kier molecular flexibility index (Phi) is 5.64. The minimum Gasteiger partial charge on any atom is -0.461 e. The number of aromatic nitrogens is 2. The number of rotatable bonds is 7. The molecule has 0 saturated heterocycles. The Morgan fingerprint density at radius 1 is 1.25 bits per heavy atom. The van der Waals surface area contributed by atoms with Crippen LogP contribution >= 0.6 is 11.3 Å². The summed E-state index contributed by atoms with van der Waals surface area (Å²) in [5.74, 6) is -0.415. The van der Waals surface area contributed by atoms with Gasteiger partial charge in [0.15, 0.2) is 0 Å². The van der Waals surface area contributed by atoms with Crippen LogP contribution in [0.5, 0.6) is 0 Å². The average Bonchev–Trinajstić information content (AvgIpc) is 2.94. The van der Waals surface area contributed by atoms with E-state index < -0.39 is 5.97 Å². The number of carbonyl (C=O) groups is 1. The minimum absolute atomic E-state index is 0.296. The molecular weight excluding hydrogens is 276 g/mol. The van der Waals surface area contributed by atoms with E-state index in [9.17, 15) is 4.79 Å². The predicted octanol–water partition coefficient (Wildman–Crippen LogP) is 2.47. The van der Waals surface area contributed by atoms with Crippen LogP contribution in [0.25, 0.3) is 0 Å². The Morgan fingerprint density at radius 3 is 2.80 bits per heavy atom. The van der Waals surface area contributed by atoms with Crippen LogP contribution in [-0.4, -0.2) is 29.4 Å². The maximum Gasteiger partial charge on any atom is 0.369 e. The van der Waals surface area contributed by atoms with E-state index in [1.54, 1.807) is 6.92 Å². The fourth-order valence-corrected chi connectivity index (χ4v) is 2.27. The molecule has 0 atom stereocenters. The third kappa shape index (κ3) is 4.40. The molecule has 6 heteroatoms. The van der Waals surface area contributed by atoms with Crippen LogP contribution < -0.4 is 0 Å². The highest BCUT2D eigenvalue weighted by Gasteiger charge is 2.13. The Balaban J connectivity index is 1.73. The molecule has 0 aliphatic heterocycles. The van der Waals surface area contributed by atoms with Crippen molar-refractivity contribution in [2.24, 2.45) is 0 Å². The van der Waals surface area contributed by atoms with E-state index in [4.69, 9.17) is 9.47 Å². The first-order chi connectivity index (χ1) is 9.79. The largest absolute Gasteiger partial charge is 0.461 e. The summed E-state index contributed by atoms with van der Waals surface area (Å²) in [5, 5.41) is 8.84. The monoisotopic (exact) mass is 292 g/mol. The molecule has 1 aromatic heterocycles. The summed E-state index contributed by atoms with van der Waals surface area (Å²) >= 11 is 1.25. The Morgan fingerprint density at radius 2 is 2.05 bits per heavy atom. The number of hydrogen-bond donors (Lipinski definition) is 0. The highest BCUT2D eigenvalue weighted by atomic mass is 32.1. The van der Waals surface area contributed by atoms with E-state index in [1.165, 1.54) is 11.3 Å². The molecule has 0 unspecified atom stereocenters. The molecule has 0 saturated carbocycles. The molecule has 0 aliphatic carbocycles. The second-order valence-electron chi connectivity index (χ2n) is 4.01. The molecule has 2 aromatic rings. The lowest BCUT2D eigenvalue weighted by Gasteiger charge is -2.02. The standard InChI is InChI=1S/C14H16N2O3S/c1-2-19-14(17)13-16-15-12(20-13)8-9-18-10-11-6-4-3-5-7-11/h3-7H,2,8-10H2,1H3. The van der Waals surface area contributed by atoms with Crippen molar-refractivity contribution in [3.8, 4) is 0 Å². The third-order valence-electron chi connectivity index (χ3n) is 2.49. The van der Waals surface area contributed by atoms with E-state index in [2.05, 4.69) is 10.2 Å². The zero-order chi connectivity index (χ0) is 14.2. The van der Waals surface area contributed by atoms with Gasteiger partial charge in [-0.1, -0.05) is 41.7 Å². The van der Waals surface area contributed by atoms with Crippen LogP contribution in [0.1, 0.15) is 27.3 Å². The van der Waals surface area contributed by atoms with Gasteiger partial charge in [-0.05, 0) is 12.5 Å². The lowest BCUT2D eigenvalue weighted by atomic mass is 10.2. The van der Waals surface area contributed by atoms with E-state index in [-0.39, 0.29) is 0 Å². The van der Waals surface area contributed by atoms with Gasteiger partial charge in [-0.2, -0.15) is 0 Å². The first-order valence-electron chi connectivity index (χ1n) is 6.40. The molecular formula is C14H16N2O3S. The van der Waals surface area contributed by atoms with Crippen molar-refractivity contribution >= 4 is 17.3 Å². The van der Waals surface area contributed by atoms with Gasteiger partial charge >= 0.3 is 5.97 Å². The second kappa shape index (κ2) is 7.72. The lowest BCUT2D eigenvalue weighted by Crippen LogP contribution is -2.03. The number of carbonyl (C=O) groups excluding carboxylic acids is 1. The SMILES string of the molecule is CCOC(=O)c1nnc(CCOCc2ccccc2)s1.